The minimum Gasteiger partial charge on any atom is -0.490 e. The van der Waals surface area contributed by atoms with Crippen LogP contribution in [0.3, 0.4) is 0 Å². The number of amides is 1. The highest BCUT2D eigenvalue weighted by atomic mass is 35.5. The van der Waals surface area contributed by atoms with Crippen molar-refractivity contribution in [3.8, 4) is 11.5 Å². The SMILES string of the molecule is CCOc1cc(/C=C2\SC(=Nc3ccc(C(=O)O)cc3)N(C)C2=O)cc(Cl)c1OCC(=O)O. The van der Waals surface area contributed by atoms with Crippen molar-refractivity contribution in [3.05, 3.63) is 57.5 Å². The number of carbonyl (C=O) groups is 3. The van der Waals surface area contributed by atoms with Crippen LogP contribution in [0, 0.1) is 0 Å². The molecule has 1 heterocycles. The number of nitrogens with zero attached hydrogens (tertiary/aromatic N) is 2. The lowest BCUT2D eigenvalue weighted by atomic mass is 10.1. The summed E-state index contributed by atoms with van der Waals surface area (Å²) < 4.78 is 10.8. The Morgan fingerprint density at radius 1 is 1.18 bits per heavy atom. The first kappa shape index (κ1) is 24.1. The number of carboxylic acids is 2. The predicted molar refractivity (Wildman–Crippen MR) is 125 cm³/mol. The van der Waals surface area contributed by atoms with Crippen molar-refractivity contribution in [2.75, 3.05) is 20.3 Å². The highest BCUT2D eigenvalue weighted by molar-refractivity contribution is 8.18. The number of carbonyl (C=O) groups excluding carboxylic acids is 1. The average Bonchev–Trinajstić information content (AvgIpc) is 3.01. The Kier molecular flexibility index (Phi) is 7.62. The van der Waals surface area contributed by atoms with Crippen molar-refractivity contribution in [1.29, 1.82) is 0 Å². The second-order valence-electron chi connectivity index (χ2n) is 6.67. The van der Waals surface area contributed by atoms with E-state index in [1.165, 1.54) is 17.0 Å². The van der Waals surface area contributed by atoms with E-state index in [-0.39, 0.29) is 28.0 Å². The van der Waals surface area contributed by atoms with Crippen LogP contribution >= 0.6 is 23.4 Å². The Morgan fingerprint density at radius 3 is 2.48 bits per heavy atom. The minimum atomic E-state index is -1.15. The summed E-state index contributed by atoms with van der Waals surface area (Å²) in [4.78, 5) is 40.7. The number of halogens is 1. The van der Waals surface area contributed by atoms with Gasteiger partial charge in [0.25, 0.3) is 5.91 Å². The predicted octanol–water partition coefficient (Wildman–Crippen LogP) is 4.13. The van der Waals surface area contributed by atoms with Crippen LogP contribution in [0.4, 0.5) is 5.69 Å². The molecular formula is C22H19ClN2O7S. The number of hydrogen-bond donors (Lipinski definition) is 2. The molecule has 0 aromatic heterocycles. The second kappa shape index (κ2) is 10.4. The van der Waals surface area contributed by atoms with E-state index in [1.807, 2.05) is 0 Å². The van der Waals surface area contributed by atoms with Crippen LogP contribution in [0.15, 0.2) is 46.3 Å². The van der Waals surface area contributed by atoms with Crippen molar-refractivity contribution in [1.82, 2.24) is 4.90 Å². The van der Waals surface area contributed by atoms with Gasteiger partial charge >= 0.3 is 11.9 Å². The van der Waals surface area contributed by atoms with Crippen LogP contribution in [-0.4, -0.2) is 58.4 Å². The number of aliphatic carboxylic acids is 1. The molecule has 9 nitrogen and oxygen atoms in total. The number of ether oxygens (including phenoxy) is 2. The third kappa shape index (κ3) is 5.85. The Labute approximate surface area is 198 Å². The van der Waals surface area contributed by atoms with E-state index in [0.29, 0.717) is 27.9 Å². The number of aliphatic imine (C=N–C) groups is 1. The van der Waals surface area contributed by atoms with Gasteiger partial charge in [-0.15, -0.1) is 0 Å². The van der Waals surface area contributed by atoms with Gasteiger partial charge in [-0.05, 0) is 66.7 Å². The van der Waals surface area contributed by atoms with Crippen molar-refractivity contribution < 1.29 is 34.1 Å². The highest BCUT2D eigenvalue weighted by Gasteiger charge is 2.30. The molecule has 0 spiro atoms. The third-order valence-corrected chi connectivity index (χ3v) is 5.65. The molecule has 33 heavy (non-hydrogen) atoms. The number of benzene rings is 2. The van der Waals surface area contributed by atoms with Crippen LogP contribution < -0.4 is 9.47 Å². The molecule has 1 amide bonds. The fourth-order valence-corrected chi connectivity index (χ4v) is 4.06. The van der Waals surface area contributed by atoms with E-state index in [0.717, 1.165) is 11.8 Å². The van der Waals surface area contributed by atoms with Gasteiger partial charge in [-0.3, -0.25) is 9.69 Å². The highest BCUT2D eigenvalue weighted by Crippen LogP contribution is 2.39. The molecule has 1 aliphatic rings. The van der Waals surface area contributed by atoms with Crippen LogP contribution in [0.1, 0.15) is 22.8 Å². The molecule has 2 aromatic rings. The molecule has 0 saturated carbocycles. The van der Waals surface area contributed by atoms with Gasteiger partial charge in [-0.2, -0.15) is 0 Å². The standard InChI is InChI=1S/C22H19ClN2O7S/c1-3-31-16-9-12(8-15(23)19(16)32-11-18(26)27)10-17-20(28)25(2)22(33-17)24-14-6-4-13(5-7-14)21(29)30/h4-10H,3,11H2,1-2H3,(H,26,27)(H,29,30)/b17-10-,24-22?. The molecule has 11 heteroatoms. The molecule has 0 aliphatic carbocycles. The fourth-order valence-electron chi connectivity index (χ4n) is 2.80. The van der Waals surface area contributed by atoms with Crippen molar-refractivity contribution >= 4 is 58.1 Å². The molecule has 3 rings (SSSR count). The van der Waals surface area contributed by atoms with E-state index >= 15 is 0 Å². The molecular weight excluding hydrogens is 472 g/mol. The molecule has 0 radical (unpaired) electrons. The van der Waals surface area contributed by atoms with E-state index in [4.69, 9.17) is 31.3 Å². The summed E-state index contributed by atoms with van der Waals surface area (Å²) in [5.41, 5.74) is 1.20. The molecule has 0 bridgehead atoms. The summed E-state index contributed by atoms with van der Waals surface area (Å²) in [5.74, 6) is -2.10. The number of amidine groups is 1. The zero-order chi connectivity index (χ0) is 24.1. The van der Waals surface area contributed by atoms with Gasteiger partial charge < -0.3 is 19.7 Å². The first-order valence-corrected chi connectivity index (χ1v) is 10.8. The minimum absolute atomic E-state index is 0.109. The normalized spacial score (nSPS) is 15.8. The number of thioether (sulfide) groups is 1. The van der Waals surface area contributed by atoms with E-state index < -0.39 is 18.5 Å². The Hall–Kier alpha value is -3.50. The first-order valence-electron chi connectivity index (χ1n) is 9.60. The lowest BCUT2D eigenvalue weighted by molar-refractivity contribution is -0.139. The maximum absolute atomic E-state index is 12.7. The molecule has 1 aliphatic heterocycles. The van der Waals surface area contributed by atoms with E-state index in [1.54, 1.807) is 44.3 Å². The summed E-state index contributed by atoms with van der Waals surface area (Å²) in [7, 11) is 1.59. The second-order valence-corrected chi connectivity index (χ2v) is 8.08. The number of carboxylic acid groups (broad SMARTS) is 2. The maximum atomic E-state index is 12.7. The molecule has 172 valence electrons. The molecule has 0 unspecified atom stereocenters. The quantitative estimate of drug-likeness (QED) is 0.529. The Bertz CT molecular complexity index is 1160. The zero-order valence-electron chi connectivity index (χ0n) is 17.6. The molecule has 2 aromatic carbocycles. The topological polar surface area (TPSA) is 126 Å². The van der Waals surface area contributed by atoms with Gasteiger partial charge in [0.05, 0.1) is 27.8 Å². The van der Waals surface area contributed by atoms with Gasteiger partial charge in [0.1, 0.15) is 0 Å². The number of aromatic carboxylic acids is 1. The fraction of sp³-hybridized carbons (Fsp3) is 0.182. The Balaban J connectivity index is 1.89. The van der Waals surface area contributed by atoms with Crippen LogP contribution in [-0.2, 0) is 9.59 Å². The summed E-state index contributed by atoms with van der Waals surface area (Å²) in [6.07, 6.45) is 1.62. The van der Waals surface area contributed by atoms with Gasteiger partial charge in [-0.25, -0.2) is 14.6 Å². The van der Waals surface area contributed by atoms with Crippen molar-refractivity contribution in [3.63, 3.8) is 0 Å². The summed E-state index contributed by atoms with van der Waals surface area (Å²) >= 11 is 7.43. The van der Waals surface area contributed by atoms with Crippen LogP contribution in [0.2, 0.25) is 5.02 Å². The Morgan fingerprint density at radius 2 is 1.88 bits per heavy atom. The van der Waals surface area contributed by atoms with Crippen molar-refractivity contribution in [2.45, 2.75) is 6.92 Å². The molecule has 0 atom stereocenters. The molecule has 1 saturated heterocycles. The number of hydrogen-bond acceptors (Lipinski definition) is 7. The van der Waals surface area contributed by atoms with E-state index in [9.17, 15) is 14.4 Å². The largest absolute Gasteiger partial charge is 0.490 e. The number of likely N-dealkylation sites (N-methyl/N-ethyl adjacent to an activating group) is 1. The van der Waals surface area contributed by atoms with Gasteiger partial charge in [0.2, 0.25) is 0 Å². The first-order chi connectivity index (χ1) is 15.7. The van der Waals surface area contributed by atoms with Gasteiger partial charge in [-0.1, -0.05) is 11.6 Å². The molecule has 1 fully saturated rings. The lowest BCUT2D eigenvalue weighted by Crippen LogP contribution is -2.23. The van der Waals surface area contributed by atoms with Gasteiger partial charge in [0.15, 0.2) is 23.3 Å². The monoisotopic (exact) mass is 490 g/mol. The van der Waals surface area contributed by atoms with E-state index in [2.05, 4.69) is 4.99 Å². The van der Waals surface area contributed by atoms with Gasteiger partial charge in [0, 0.05) is 7.05 Å². The summed E-state index contributed by atoms with van der Waals surface area (Å²) in [6.45, 7) is 1.48. The van der Waals surface area contributed by atoms with Crippen LogP contribution in [0.5, 0.6) is 11.5 Å². The zero-order valence-corrected chi connectivity index (χ0v) is 19.1. The smallest absolute Gasteiger partial charge is 0.341 e. The maximum Gasteiger partial charge on any atom is 0.341 e. The van der Waals surface area contributed by atoms with Crippen LogP contribution in [0.25, 0.3) is 6.08 Å². The lowest BCUT2D eigenvalue weighted by Gasteiger charge is -2.13. The molecule has 2 N–H and O–H groups in total. The summed E-state index contributed by atoms with van der Waals surface area (Å²) in [6, 6.07) is 9.13. The average molecular weight is 491 g/mol. The van der Waals surface area contributed by atoms with Crippen molar-refractivity contribution in [2.24, 2.45) is 4.99 Å². The number of rotatable bonds is 8. The summed E-state index contributed by atoms with van der Waals surface area (Å²) in [5, 5.41) is 18.4. The third-order valence-electron chi connectivity index (χ3n) is 4.31.